The van der Waals surface area contributed by atoms with Crippen LogP contribution in [0, 0.1) is 0 Å². The van der Waals surface area contributed by atoms with E-state index in [1.165, 1.54) is 0 Å². The summed E-state index contributed by atoms with van der Waals surface area (Å²) in [7, 11) is 0. The van der Waals surface area contributed by atoms with Crippen LogP contribution in [0.1, 0.15) is 24.8 Å². The maximum absolute atomic E-state index is 10.8. The molecule has 0 aliphatic rings. The number of carbonyl (C=O) groups is 1. The summed E-state index contributed by atoms with van der Waals surface area (Å²) in [5.74, 6) is 4.82. The highest BCUT2D eigenvalue weighted by molar-refractivity contribution is 6.30. The van der Waals surface area contributed by atoms with Crippen LogP contribution in [0.2, 0.25) is 5.02 Å². The zero-order chi connectivity index (χ0) is 12.5. The maximum Gasteiger partial charge on any atom is 0.233 e. The Kier molecular flexibility index (Phi) is 6.62. The van der Waals surface area contributed by atoms with Gasteiger partial charge in [0.15, 0.2) is 0 Å². The van der Waals surface area contributed by atoms with Gasteiger partial charge in [0.1, 0.15) is 0 Å². The molecule has 0 fully saturated rings. The number of hydrogen-bond donors (Lipinski definition) is 2. The van der Waals surface area contributed by atoms with E-state index in [0.717, 1.165) is 23.4 Å². The second kappa shape index (κ2) is 8.06. The molecule has 1 aromatic carbocycles. The van der Waals surface area contributed by atoms with Crippen LogP contribution in [0.4, 0.5) is 0 Å². The molecular formula is C12H17ClN2O2. The van der Waals surface area contributed by atoms with Gasteiger partial charge in [-0.25, -0.2) is 5.84 Å². The number of carbonyl (C=O) groups excluding carboxylic acids is 1. The molecule has 17 heavy (non-hydrogen) atoms. The van der Waals surface area contributed by atoms with E-state index in [1.807, 2.05) is 24.3 Å². The first kappa shape index (κ1) is 14.0. The van der Waals surface area contributed by atoms with E-state index in [2.05, 4.69) is 5.43 Å². The molecule has 0 aromatic heterocycles. The molecule has 1 aromatic rings. The number of unbranched alkanes of at least 4 members (excludes halogenated alkanes) is 1. The fourth-order valence-electron chi connectivity index (χ4n) is 1.33. The number of amides is 1. The second-order valence-electron chi connectivity index (χ2n) is 3.70. The lowest BCUT2D eigenvalue weighted by atomic mass is 10.2. The molecule has 0 saturated heterocycles. The zero-order valence-corrected chi connectivity index (χ0v) is 10.4. The van der Waals surface area contributed by atoms with Gasteiger partial charge in [0.05, 0.1) is 6.61 Å². The molecule has 0 radical (unpaired) electrons. The van der Waals surface area contributed by atoms with Gasteiger partial charge in [-0.05, 0) is 30.5 Å². The molecule has 0 aliphatic carbocycles. The number of hydrazine groups is 1. The van der Waals surface area contributed by atoms with Gasteiger partial charge in [0.2, 0.25) is 5.91 Å². The average Bonchev–Trinajstić information content (AvgIpc) is 2.35. The standard InChI is InChI=1S/C12H17ClN2O2/c13-11-6-4-10(5-7-11)9-17-8-2-1-3-12(16)15-14/h4-7H,1-3,8-9,14H2,(H,15,16). The van der Waals surface area contributed by atoms with Crippen molar-refractivity contribution in [3.05, 3.63) is 34.9 Å². The number of hydrogen-bond acceptors (Lipinski definition) is 3. The van der Waals surface area contributed by atoms with Crippen LogP contribution in [0.25, 0.3) is 0 Å². The van der Waals surface area contributed by atoms with Crippen molar-refractivity contribution in [3.63, 3.8) is 0 Å². The monoisotopic (exact) mass is 256 g/mol. The van der Waals surface area contributed by atoms with Gasteiger partial charge in [-0.15, -0.1) is 0 Å². The number of halogens is 1. The summed E-state index contributed by atoms with van der Waals surface area (Å²) in [6.45, 7) is 1.21. The lowest BCUT2D eigenvalue weighted by molar-refractivity contribution is -0.121. The fraction of sp³-hybridized carbons (Fsp3) is 0.417. The number of nitrogens with two attached hydrogens (primary N) is 1. The minimum absolute atomic E-state index is 0.136. The van der Waals surface area contributed by atoms with Crippen LogP contribution in [0.15, 0.2) is 24.3 Å². The van der Waals surface area contributed by atoms with Gasteiger partial charge in [0, 0.05) is 18.1 Å². The van der Waals surface area contributed by atoms with Crippen LogP contribution in [-0.2, 0) is 16.1 Å². The molecule has 0 heterocycles. The Hall–Kier alpha value is -1.10. The van der Waals surface area contributed by atoms with E-state index >= 15 is 0 Å². The summed E-state index contributed by atoms with van der Waals surface area (Å²) >= 11 is 5.77. The summed E-state index contributed by atoms with van der Waals surface area (Å²) in [5, 5.41) is 0.724. The third-order valence-electron chi connectivity index (χ3n) is 2.29. The van der Waals surface area contributed by atoms with Crippen LogP contribution >= 0.6 is 11.6 Å². The molecule has 0 atom stereocenters. The molecule has 0 bridgehead atoms. The Morgan fingerprint density at radius 3 is 2.65 bits per heavy atom. The third kappa shape index (κ3) is 6.26. The summed E-state index contributed by atoms with van der Waals surface area (Å²) in [5.41, 5.74) is 3.19. The molecule has 1 amide bonds. The Bertz CT molecular complexity index is 341. The minimum atomic E-state index is -0.136. The van der Waals surface area contributed by atoms with Gasteiger partial charge in [0.25, 0.3) is 0 Å². The highest BCUT2D eigenvalue weighted by atomic mass is 35.5. The van der Waals surface area contributed by atoms with Crippen molar-refractivity contribution in [2.75, 3.05) is 6.61 Å². The SMILES string of the molecule is NNC(=O)CCCCOCc1ccc(Cl)cc1. The third-order valence-corrected chi connectivity index (χ3v) is 2.54. The first-order valence-electron chi connectivity index (χ1n) is 5.54. The Labute approximate surface area is 106 Å². The molecule has 1 rings (SSSR count). The molecule has 0 spiro atoms. The second-order valence-corrected chi connectivity index (χ2v) is 4.14. The lowest BCUT2D eigenvalue weighted by Crippen LogP contribution is -2.29. The Morgan fingerprint density at radius 2 is 2.00 bits per heavy atom. The van der Waals surface area contributed by atoms with E-state index in [4.69, 9.17) is 22.2 Å². The topological polar surface area (TPSA) is 64.3 Å². The summed E-state index contributed by atoms with van der Waals surface area (Å²) in [6, 6.07) is 7.55. The van der Waals surface area contributed by atoms with E-state index in [1.54, 1.807) is 0 Å². The summed E-state index contributed by atoms with van der Waals surface area (Å²) in [6.07, 6.45) is 2.07. The Balaban J connectivity index is 2.04. The van der Waals surface area contributed by atoms with E-state index < -0.39 is 0 Å². The van der Waals surface area contributed by atoms with Crippen molar-refractivity contribution >= 4 is 17.5 Å². The van der Waals surface area contributed by atoms with Crippen molar-refractivity contribution in [1.29, 1.82) is 0 Å². The first-order chi connectivity index (χ1) is 8.22. The normalized spacial score (nSPS) is 10.2. The smallest absolute Gasteiger partial charge is 0.233 e. The van der Waals surface area contributed by atoms with Crippen LogP contribution in [0.3, 0.4) is 0 Å². The van der Waals surface area contributed by atoms with Crippen molar-refractivity contribution in [2.24, 2.45) is 5.84 Å². The predicted molar refractivity (Wildman–Crippen MR) is 67.3 cm³/mol. The van der Waals surface area contributed by atoms with Gasteiger partial charge in [-0.3, -0.25) is 10.2 Å². The molecule has 5 heteroatoms. The van der Waals surface area contributed by atoms with Crippen molar-refractivity contribution in [1.82, 2.24) is 5.43 Å². The number of nitrogens with one attached hydrogen (secondary N) is 1. The highest BCUT2D eigenvalue weighted by Gasteiger charge is 1.98. The van der Waals surface area contributed by atoms with Crippen LogP contribution in [0.5, 0.6) is 0 Å². The van der Waals surface area contributed by atoms with Crippen molar-refractivity contribution < 1.29 is 9.53 Å². The quantitative estimate of drug-likeness (QED) is 0.340. The number of rotatable bonds is 7. The van der Waals surface area contributed by atoms with E-state index in [-0.39, 0.29) is 5.91 Å². The zero-order valence-electron chi connectivity index (χ0n) is 9.62. The molecule has 94 valence electrons. The Morgan fingerprint density at radius 1 is 1.29 bits per heavy atom. The maximum atomic E-state index is 10.8. The first-order valence-corrected chi connectivity index (χ1v) is 5.92. The molecule has 3 N–H and O–H groups in total. The number of benzene rings is 1. The molecule has 0 aliphatic heterocycles. The fourth-order valence-corrected chi connectivity index (χ4v) is 1.46. The summed E-state index contributed by atoms with van der Waals surface area (Å²) in [4.78, 5) is 10.8. The van der Waals surface area contributed by atoms with Crippen LogP contribution < -0.4 is 11.3 Å². The van der Waals surface area contributed by atoms with Gasteiger partial charge in [-0.1, -0.05) is 23.7 Å². The van der Waals surface area contributed by atoms with Crippen LogP contribution in [-0.4, -0.2) is 12.5 Å². The number of ether oxygens (including phenoxy) is 1. The minimum Gasteiger partial charge on any atom is -0.377 e. The van der Waals surface area contributed by atoms with E-state index in [0.29, 0.717) is 19.6 Å². The largest absolute Gasteiger partial charge is 0.377 e. The van der Waals surface area contributed by atoms with Crippen molar-refractivity contribution in [3.8, 4) is 0 Å². The predicted octanol–water partition coefficient (Wildman–Crippen LogP) is 2.02. The van der Waals surface area contributed by atoms with Gasteiger partial charge in [-0.2, -0.15) is 0 Å². The molecular weight excluding hydrogens is 240 g/mol. The molecule has 4 nitrogen and oxygen atoms in total. The lowest BCUT2D eigenvalue weighted by Gasteiger charge is -2.04. The van der Waals surface area contributed by atoms with E-state index in [9.17, 15) is 4.79 Å². The van der Waals surface area contributed by atoms with Gasteiger partial charge >= 0.3 is 0 Å². The van der Waals surface area contributed by atoms with Gasteiger partial charge < -0.3 is 4.74 Å². The average molecular weight is 257 g/mol. The molecule has 0 unspecified atom stereocenters. The summed E-state index contributed by atoms with van der Waals surface area (Å²) < 4.78 is 5.47. The highest BCUT2D eigenvalue weighted by Crippen LogP contribution is 2.10. The van der Waals surface area contributed by atoms with Crippen molar-refractivity contribution in [2.45, 2.75) is 25.9 Å². The molecule has 0 saturated carbocycles.